The van der Waals surface area contributed by atoms with E-state index in [-0.39, 0.29) is 11.7 Å². The average Bonchev–Trinajstić information content (AvgIpc) is 2.59. The lowest BCUT2D eigenvalue weighted by molar-refractivity contribution is -0.276. The van der Waals surface area contributed by atoms with Crippen LogP contribution in [0.5, 0.6) is 5.75 Å². The maximum Gasteiger partial charge on any atom is 0.573 e. The molecule has 0 radical (unpaired) electrons. The third-order valence-corrected chi connectivity index (χ3v) is 6.73. The molecule has 1 aliphatic rings. The van der Waals surface area contributed by atoms with E-state index in [1.165, 1.54) is 13.8 Å². The van der Waals surface area contributed by atoms with Gasteiger partial charge in [-0.15, -0.1) is 13.2 Å². The number of ether oxygens (including phenoxy) is 1. The fourth-order valence-corrected chi connectivity index (χ4v) is 4.10. The van der Waals surface area contributed by atoms with Crippen molar-refractivity contribution in [1.82, 2.24) is 4.72 Å². The summed E-state index contributed by atoms with van der Waals surface area (Å²) in [4.78, 5) is 12.4. The largest absolute Gasteiger partial charge is 0.573 e. The Morgan fingerprint density at radius 2 is 1.65 bits per heavy atom. The molecule has 0 atom stereocenters. The first kappa shape index (κ1) is 25.2. The number of sulfonamides is 1. The lowest BCUT2D eigenvalue weighted by Gasteiger charge is -2.29. The predicted molar refractivity (Wildman–Crippen MR) is 99.7 cm³/mol. The van der Waals surface area contributed by atoms with E-state index in [4.69, 9.17) is 0 Å². The van der Waals surface area contributed by atoms with Crippen LogP contribution in [0.3, 0.4) is 0 Å². The van der Waals surface area contributed by atoms with Gasteiger partial charge >= 0.3 is 12.5 Å². The van der Waals surface area contributed by atoms with Gasteiger partial charge in [0, 0.05) is 23.7 Å². The molecule has 1 saturated carbocycles. The number of halogens is 6. The lowest BCUT2D eigenvalue weighted by atomic mass is 9.86. The summed E-state index contributed by atoms with van der Waals surface area (Å²) in [7, 11) is -3.47. The number of hydrogen-bond acceptors (Lipinski definition) is 4. The van der Waals surface area contributed by atoms with Crippen LogP contribution in [0.15, 0.2) is 18.2 Å². The number of carbonyl (C=O) groups excluding carboxylic acids is 1. The number of hydrogen-bond donors (Lipinski definition) is 2. The Morgan fingerprint density at radius 3 is 2.13 bits per heavy atom. The number of benzene rings is 1. The van der Waals surface area contributed by atoms with E-state index < -0.39 is 50.9 Å². The quantitative estimate of drug-likeness (QED) is 0.595. The summed E-state index contributed by atoms with van der Waals surface area (Å²) in [6, 6.07) is 1.37. The first-order valence-electron chi connectivity index (χ1n) is 9.37. The minimum atomic E-state index is -5.34. The van der Waals surface area contributed by atoms with Crippen LogP contribution in [0.4, 0.5) is 32.0 Å². The summed E-state index contributed by atoms with van der Waals surface area (Å²) in [6.45, 7) is 3.06. The second kappa shape index (κ2) is 9.23. The highest BCUT2D eigenvalue weighted by Gasteiger charge is 2.39. The molecular formula is C18H22F6N2O4S. The topological polar surface area (TPSA) is 84.5 Å². The Labute approximate surface area is 175 Å². The average molecular weight is 476 g/mol. The van der Waals surface area contributed by atoms with Crippen molar-refractivity contribution >= 4 is 21.6 Å². The monoisotopic (exact) mass is 476 g/mol. The zero-order valence-corrected chi connectivity index (χ0v) is 17.4. The zero-order chi connectivity index (χ0) is 23.6. The Balaban J connectivity index is 2.05. The number of amides is 1. The molecule has 1 aliphatic carbocycles. The van der Waals surface area contributed by atoms with E-state index in [1.807, 2.05) is 0 Å². The highest BCUT2D eigenvalue weighted by molar-refractivity contribution is 7.90. The van der Waals surface area contributed by atoms with Crippen LogP contribution in [-0.4, -0.2) is 32.0 Å². The SMILES string of the molecule is CC(C)S(=O)(=O)N[C@H]1CC[C@H](C(=O)Nc2ccc(C(F)(F)F)c(OC(F)(F)F)c2)CC1. The maximum absolute atomic E-state index is 12.9. The smallest absolute Gasteiger partial charge is 0.405 e. The fraction of sp³-hybridized carbons (Fsp3) is 0.611. The molecule has 1 aromatic rings. The second-order valence-electron chi connectivity index (χ2n) is 7.51. The van der Waals surface area contributed by atoms with Crippen molar-refractivity contribution in [1.29, 1.82) is 0 Å². The van der Waals surface area contributed by atoms with Gasteiger partial charge in [0.1, 0.15) is 5.75 Å². The molecule has 6 nitrogen and oxygen atoms in total. The molecule has 0 aliphatic heterocycles. The van der Waals surface area contributed by atoms with Gasteiger partial charge in [0.2, 0.25) is 15.9 Å². The molecule has 0 spiro atoms. The van der Waals surface area contributed by atoms with Crippen LogP contribution >= 0.6 is 0 Å². The Kier molecular flexibility index (Phi) is 7.51. The maximum atomic E-state index is 12.9. The Bertz CT molecular complexity index is 891. The van der Waals surface area contributed by atoms with Gasteiger partial charge in [0.25, 0.3) is 0 Å². The Hall–Kier alpha value is -2.02. The first-order valence-corrected chi connectivity index (χ1v) is 10.9. The first-order chi connectivity index (χ1) is 14.1. The molecule has 13 heteroatoms. The minimum Gasteiger partial charge on any atom is -0.405 e. The number of carbonyl (C=O) groups is 1. The molecule has 2 rings (SSSR count). The van der Waals surface area contributed by atoms with Gasteiger partial charge in [-0.3, -0.25) is 4.79 Å². The van der Waals surface area contributed by atoms with Crippen LogP contribution in [0.25, 0.3) is 0 Å². The summed E-state index contributed by atoms with van der Waals surface area (Å²) < 4.78 is 106. The van der Waals surface area contributed by atoms with Crippen LogP contribution < -0.4 is 14.8 Å². The van der Waals surface area contributed by atoms with E-state index >= 15 is 0 Å². The van der Waals surface area contributed by atoms with Crippen molar-refractivity contribution in [2.45, 2.75) is 63.4 Å². The van der Waals surface area contributed by atoms with Crippen molar-refractivity contribution in [3.63, 3.8) is 0 Å². The van der Waals surface area contributed by atoms with Gasteiger partial charge in [0.05, 0.1) is 10.8 Å². The molecule has 1 amide bonds. The number of nitrogens with one attached hydrogen (secondary N) is 2. The third kappa shape index (κ3) is 7.27. The molecule has 31 heavy (non-hydrogen) atoms. The van der Waals surface area contributed by atoms with Gasteiger partial charge in [-0.05, 0) is 51.7 Å². The molecule has 0 heterocycles. The molecule has 2 N–H and O–H groups in total. The van der Waals surface area contributed by atoms with Crippen molar-refractivity contribution < 1.29 is 44.3 Å². The van der Waals surface area contributed by atoms with E-state index in [9.17, 15) is 39.6 Å². The summed E-state index contributed by atoms with van der Waals surface area (Å²) >= 11 is 0. The molecule has 0 bridgehead atoms. The van der Waals surface area contributed by atoms with Crippen molar-refractivity contribution in [3.05, 3.63) is 23.8 Å². The molecule has 0 unspecified atom stereocenters. The van der Waals surface area contributed by atoms with E-state index in [1.54, 1.807) is 0 Å². The van der Waals surface area contributed by atoms with Crippen LogP contribution in [0.2, 0.25) is 0 Å². The van der Waals surface area contributed by atoms with E-state index in [0.29, 0.717) is 37.8 Å². The number of rotatable bonds is 6. The highest BCUT2D eigenvalue weighted by atomic mass is 32.2. The van der Waals surface area contributed by atoms with Crippen molar-refractivity contribution in [3.8, 4) is 5.75 Å². The third-order valence-electron chi connectivity index (χ3n) is 4.83. The summed E-state index contributed by atoms with van der Waals surface area (Å²) in [6.07, 6.45) is -9.05. The summed E-state index contributed by atoms with van der Waals surface area (Å²) in [5, 5.41) is 1.70. The molecule has 1 aromatic carbocycles. The number of anilines is 1. The fourth-order valence-electron chi connectivity index (χ4n) is 3.13. The standard InChI is InChI=1S/C18H22F6N2O4S/c1-10(2)31(28,29)26-12-5-3-11(4-6-12)16(27)25-13-7-8-14(17(19,20)21)15(9-13)30-18(22,23)24/h7-12,26H,3-6H2,1-2H3,(H,25,27)/t11-,12-. The highest BCUT2D eigenvalue weighted by Crippen LogP contribution is 2.40. The van der Waals surface area contributed by atoms with Gasteiger partial charge in [-0.1, -0.05) is 0 Å². The van der Waals surface area contributed by atoms with Gasteiger partial charge in [-0.25, -0.2) is 13.1 Å². The van der Waals surface area contributed by atoms with Crippen LogP contribution in [-0.2, 0) is 21.0 Å². The normalized spacial score (nSPS) is 20.5. The second-order valence-corrected chi connectivity index (χ2v) is 9.77. The van der Waals surface area contributed by atoms with Crippen LogP contribution in [0.1, 0.15) is 45.1 Å². The lowest BCUT2D eigenvalue weighted by Crippen LogP contribution is -2.42. The van der Waals surface area contributed by atoms with Crippen LogP contribution in [0, 0.1) is 5.92 Å². The minimum absolute atomic E-state index is 0.278. The zero-order valence-electron chi connectivity index (χ0n) is 16.6. The predicted octanol–water partition coefficient (Wildman–Crippen LogP) is 4.43. The molecule has 0 aromatic heterocycles. The molecule has 0 saturated heterocycles. The van der Waals surface area contributed by atoms with Gasteiger partial charge in [-0.2, -0.15) is 13.2 Å². The molecular weight excluding hydrogens is 454 g/mol. The number of alkyl halides is 6. The molecule has 1 fully saturated rings. The van der Waals surface area contributed by atoms with Gasteiger partial charge < -0.3 is 10.1 Å². The van der Waals surface area contributed by atoms with E-state index in [0.717, 1.165) is 6.07 Å². The van der Waals surface area contributed by atoms with Crippen molar-refractivity contribution in [2.75, 3.05) is 5.32 Å². The van der Waals surface area contributed by atoms with Gasteiger partial charge in [0.15, 0.2) is 0 Å². The van der Waals surface area contributed by atoms with Crippen molar-refractivity contribution in [2.24, 2.45) is 5.92 Å². The molecule has 176 valence electrons. The summed E-state index contributed by atoms with van der Waals surface area (Å²) in [5.41, 5.74) is -1.90. The Morgan fingerprint density at radius 1 is 1.06 bits per heavy atom. The van der Waals surface area contributed by atoms with E-state index in [2.05, 4.69) is 14.8 Å². The summed E-state index contributed by atoms with van der Waals surface area (Å²) in [5.74, 6) is -2.61.